The van der Waals surface area contributed by atoms with Gasteiger partial charge in [0.25, 0.3) is 0 Å². The third-order valence-electron chi connectivity index (χ3n) is 4.34. The zero-order chi connectivity index (χ0) is 18.9. The second-order valence-electron chi connectivity index (χ2n) is 6.37. The lowest BCUT2D eigenvalue weighted by atomic mass is 9.50. The Morgan fingerprint density at radius 1 is 1.19 bits per heavy atom. The molecule has 0 saturated heterocycles. The van der Waals surface area contributed by atoms with Crippen molar-refractivity contribution in [2.24, 2.45) is 0 Å². The topological polar surface area (TPSA) is 39.9 Å². The van der Waals surface area contributed by atoms with Gasteiger partial charge in [-0.05, 0) is 35.0 Å². The SMILES string of the molecule is BC(B)(c1cnn(C(F)F)c1)c1ccc(OC)c(-c2cccc(F)c2)n1. The molecule has 3 rings (SSSR count). The second kappa shape index (κ2) is 6.90. The molecule has 0 fully saturated rings. The number of aromatic nitrogens is 3. The normalized spacial score (nSPS) is 11.7. The lowest BCUT2D eigenvalue weighted by molar-refractivity contribution is 0.0565. The average Bonchev–Trinajstić information content (AvgIpc) is 3.12. The van der Waals surface area contributed by atoms with Crippen LogP contribution in [0.5, 0.6) is 5.75 Å². The van der Waals surface area contributed by atoms with Crippen molar-refractivity contribution in [3.05, 3.63) is 65.9 Å². The summed E-state index contributed by atoms with van der Waals surface area (Å²) < 4.78 is 45.2. The molecular weight excluding hydrogens is 341 g/mol. The van der Waals surface area contributed by atoms with Crippen LogP contribution in [0, 0.1) is 5.82 Å². The van der Waals surface area contributed by atoms with Crippen LogP contribution in [0.25, 0.3) is 11.3 Å². The van der Waals surface area contributed by atoms with Crippen molar-refractivity contribution < 1.29 is 17.9 Å². The summed E-state index contributed by atoms with van der Waals surface area (Å²) in [7, 11) is 5.24. The molecule has 0 bridgehead atoms. The van der Waals surface area contributed by atoms with Crippen molar-refractivity contribution in [1.29, 1.82) is 0 Å². The molecular formula is C17H16B2F3N3O. The highest BCUT2D eigenvalue weighted by atomic mass is 19.3. The van der Waals surface area contributed by atoms with Crippen LogP contribution in [0.4, 0.5) is 13.2 Å². The minimum absolute atomic E-state index is 0.380. The maximum atomic E-state index is 13.6. The fourth-order valence-electron chi connectivity index (χ4n) is 2.72. The van der Waals surface area contributed by atoms with Crippen LogP contribution in [0.3, 0.4) is 0 Å². The molecule has 2 aromatic heterocycles. The lowest BCUT2D eigenvalue weighted by Crippen LogP contribution is -2.29. The number of nitrogens with zero attached hydrogens (tertiary/aromatic N) is 3. The standard InChI is InChI=1S/C17H16B2F3N3O/c1-26-13-5-6-14(24-15(13)10-3-2-4-12(20)7-10)17(18,19)11-8-23-25(9-11)16(21)22/h2-9,16H,18-19H2,1H3. The van der Waals surface area contributed by atoms with E-state index in [9.17, 15) is 13.2 Å². The molecule has 3 aromatic rings. The Bertz CT molecular complexity index is 931. The highest BCUT2D eigenvalue weighted by molar-refractivity contribution is 6.42. The van der Waals surface area contributed by atoms with Crippen LogP contribution >= 0.6 is 0 Å². The number of benzene rings is 1. The number of rotatable bonds is 5. The Labute approximate surface area is 150 Å². The molecule has 0 atom stereocenters. The van der Waals surface area contributed by atoms with Crippen molar-refractivity contribution in [2.75, 3.05) is 7.11 Å². The van der Waals surface area contributed by atoms with E-state index in [0.717, 1.165) is 0 Å². The molecule has 4 nitrogen and oxygen atoms in total. The van der Waals surface area contributed by atoms with Gasteiger partial charge in [0, 0.05) is 17.5 Å². The molecule has 1 aromatic carbocycles. The Balaban J connectivity index is 2.08. The van der Waals surface area contributed by atoms with Crippen molar-refractivity contribution in [2.45, 2.75) is 11.8 Å². The first-order valence-electron chi connectivity index (χ1n) is 7.97. The summed E-state index contributed by atoms with van der Waals surface area (Å²) in [4.78, 5) is 4.64. The number of methoxy groups -OCH3 is 1. The molecule has 0 radical (unpaired) electrons. The summed E-state index contributed by atoms with van der Waals surface area (Å²) in [6.07, 6.45) is 2.71. The molecule has 0 N–H and O–H groups in total. The van der Waals surface area contributed by atoms with Gasteiger partial charge >= 0.3 is 6.55 Å². The van der Waals surface area contributed by atoms with E-state index >= 15 is 0 Å². The van der Waals surface area contributed by atoms with Gasteiger partial charge in [0.1, 0.15) is 33.0 Å². The Morgan fingerprint density at radius 3 is 2.58 bits per heavy atom. The van der Waals surface area contributed by atoms with E-state index in [2.05, 4.69) is 10.1 Å². The van der Waals surface area contributed by atoms with Gasteiger partial charge in [-0.3, -0.25) is 0 Å². The van der Waals surface area contributed by atoms with E-state index in [0.29, 0.717) is 32.9 Å². The van der Waals surface area contributed by atoms with Gasteiger partial charge in [-0.25, -0.2) is 14.1 Å². The summed E-state index contributed by atoms with van der Waals surface area (Å²) in [5.74, 6) is 0.118. The maximum absolute atomic E-state index is 13.6. The molecule has 0 amide bonds. The predicted molar refractivity (Wildman–Crippen MR) is 97.5 cm³/mol. The Morgan fingerprint density at radius 2 is 1.96 bits per heavy atom. The van der Waals surface area contributed by atoms with Gasteiger partial charge in [-0.2, -0.15) is 13.9 Å². The van der Waals surface area contributed by atoms with E-state index in [1.807, 2.05) is 15.7 Å². The first-order valence-corrected chi connectivity index (χ1v) is 7.97. The van der Waals surface area contributed by atoms with Crippen molar-refractivity contribution >= 4 is 15.7 Å². The highest BCUT2D eigenvalue weighted by Crippen LogP contribution is 2.33. The molecule has 0 aliphatic heterocycles. The summed E-state index contributed by atoms with van der Waals surface area (Å²) >= 11 is 0. The smallest absolute Gasteiger partial charge is 0.333 e. The van der Waals surface area contributed by atoms with Gasteiger partial charge in [-0.1, -0.05) is 12.1 Å². The minimum Gasteiger partial charge on any atom is -0.494 e. The van der Waals surface area contributed by atoms with E-state index in [4.69, 9.17) is 4.74 Å². The quantitative estimate of drug-likeness (QED) is 0.656. The zero-order valence-electron chi connectivity index (χ0n) is 14.6. The number of hydrogen-bond acceptors (Lipinski definition) is 3. The average molecular weight is 357 g/mol. The molecule has 0 unspecified atom stereocenters. The summed E-state index contributed by atoms with van der Waals surface area (Å²) in [6, 6.07) is 9.55. The number of pyridine rings is 1. The third-order valence-corrected chi connectivity index (χ3v) is 4.34. The molecule has 132 valence electrons. The summed E-state index contributed by atoms with van der Waals surface area (Å²) in [5, 5.41) is 3.02. The number of hydrogen-bond donors (Lipinski definition) is 0. The zero-order valence-corrected chi connectivity index (χ0v) is 14.6. The van der Waals surface area contributed by atoms with Crippen LogP contribution in [-0.2, 0) is 5.21 Å². The number of halogens is 3. The van der Waals surface area contributed by atoms with Crippen LogP contribution in [0.2, 0.25) is 0 Å². The van der Waals surface area contributed by atoms with Crippen LogP contribution in [0.1, 0.15) is 17.8 Å². The van der Waals surface area contributed by atoms with Gasteiger partial charge in [-0.15, -0.1) is 0 Å². The van der Waals surface area contributed by atoms with E-state index in [1.165, 1.54) is 31.6 Å². The Hall–Kier alpha value is -2.70. The molecule has 0 aliphatic rings. The molecule has 0 aliphatic carbocycles. The molecule has 0 saturated carbocycles. The van der Waals surface area contributed by atoms with E-state index < -0.39 is 11.8 Å². The van der Waals surface area contributed by atoms with Crippen LogP contribution in [-0.4, -0.2) is 37.6 Å². The van der Waals surface area contributed by atoms with Crippen LogP contribution in [0.15, 0.2) is 48.8 Å². The number of alkyl halides is 2. The van der Waals surface area contributed by atoms with Crippen LogP contribution < -0.4 is 4.74 Å². The number of ether oxygens (including phenoxy) is 1. The van der Waals surface area contributed by atoms with Gasteiger partial charge < -0.3 is 4.74 Å². The predicted octanol–water partition coefficient (Wildman–Crippen LogP) is 1.96. The highest BCUT2D eigenvalue weighted by Gasteiger charge is 2.28. The van der Waals surface area contributed by atoms with Crippen molar-refractivity contribution in [3.8, 4) is 17.0 Å². The minimum atomic E-state index is -2.70. The fraction of sp³-hybridized carbons (Fsp3) is 0.176. The summed E-state index contributed by atoms with van der Waals surface area (Å²) in [5.41, 5.74) is 2.29. The molecule has 2 heterocycles. The van der Waals surface area contributed by atoms with Crippen molar-refractivity contribution in [3.63, 3.8) is 0 Å². The van der Waals surface area contributed by atoms with E-state index in [-0.39, 0.29) is 5.82 Å². The van der Waals surface area contributed by atoms with Gasteiger partial charge in [0.05, 0.1) is 13.3 Å². The van der Waals surface area contributed by atoms with E-state index in [1.54, 1.807) is 24.3 Å². The molecule has 9 heteroatoms. The third kappa shape index (κ3) is 3.34. The molecule has 26 heavy (non-hydrogen) atoms. The first kappa shape index (κ1) is 18.1. The first-order chi connectivity index (χ1) is 12.3. The summed E-state index contributed by atoms with van der Waals surface area (Å²) in [6.45, 7) is -2.70. The van der Waals surface area contributed by atoms with Gasteiger partial charge in [0.15, 0.2) is 0 Å². The largest absolute Gasteiger partial charge is 0.494 e. The van der Waals surface area contributed by atoms with Crippen molar-refractivity contribution in [1.82, 2.24) is 14.8 Å². The fourth-order valence-corrected chi connectivity index (χ4v) is 2.72. The maximum Gasteiger partial charge on any atom is 0.333 e. The Kier molecular flexibility index (Phi) is 4.80. The monoisotopic (exact) mass is 357 g/mol. The lowest BCUT2D eigenvalue weighted by Gasteiger charge is -2.24. The second-order valence-corrected chi connectivity index (χ2v) is 6.37. The molecule has 0 spiro atoms. The van der Waals surface area contributed by atoms with Gasteiger partial charge in [0.2, 0.25) is 0 Å².